The van der Waals surface area contributed by atoms with E-state index in [1.165, 1.54) is 4.31 Å². The first-order valence-electron chi connectivity index (χ1n) is 9.30. The Morgan fingerprint density at radius 2 is 1.89 bits per heavy atom. The second kappa shape index (κ2) is 8.23. The van der Waals surface area contributed by atoms with Crippen molar-refractivity contribution in [1.29, 1.82) is 0 Å². The van der Waals surface area contributed by atoms with Crippen molar-refractivity contribution < 1.29 is 13.2 Å². The van der Waals surface area contributed by atoms with Crippen LogP contribution in [0.4, 0.5) is 5.69 Å². The fraction of sp³-hybridized carbons (Fsp3) is 0.474. The van der Waals surface area contributed by atoms with Crippen molar-refractivity contribution >= 4 is 33.2 Å². The number of aromatic nitrogens is 2. The summed E-state index contributed by atoms with van der Waals surface area (Å²) in [6.07, 6.45) is 1.94. The highest BCUT2D eigenvalue weighted by molar-refractivity contribution is 7.89. The standard InChI is InChI=1S/C19H25ClN4O3S/c1-13-6-7-16(12-17(13)20)21-18(25)8-11-24-15(3)19(14(2)22-24)28(26,27)23-9-4-5-10-23/h6-7,12H,4-5,8-11H2,1-3H3,(H,21,25). The van der Waals surface area contributed by atoms with Crippen LogP contribution in [0.1, 0.15) is 36.2 Å². The number of carbonyl (C=O) groups excluding carboxylic acids is 1. The molecule has 0 unspecified atom stereocenters. The van der Waals surface area contributed by atoms with E-state index in [0.717, 1.165) is 18.4 Å². The molecule has 2 heterocycles. The van der Waals surface area contributed by atoms with Gasteiger partial charge in [-0.1, -0.05) is 17.7 Å². The number of amides is 1. The number of anilines is 1. The summed E-state index contributed by atoms with van der Waals surface area (Å²) in [5, 5.41) is 7.76. The fourth-order valence-electron chi connectivity index (χ4n) is 3.43. The highest BCUT2D eigenvalue weighted by atomic mass is 35.5. The van der Waals surface area contributed by atoms with Gasteiger partial charge in [-0.3, -0.25) is 9.48 Å². The average Bonchev–Trinajstić information content (AvgIpc) is 3.25. The second-order valence-electron chi connectivity index (χ2n) is 7.10. The van der Waals surface area contributed by atoms with Crippen molar-refractivity contribution in [3.05, 3.63) is 40.2 Å². The summed E-state index contributed by atoms with van der Waals surface area (Å²) in [6, 6.07) is 5.34. The Morgan fingerprint density at radius 1 is 1.21 bits per heavy atom. The molecule has 1 aliphatic rings. The molecule has 7 nitrogen and oxygen atoms in total. The Balaban J connectivity index is 1.69. The molecule has 1 aliphatic heterocycles. The predicted molar refractivity (Wildman–Crippen MR) is 109 cm³/mol. The van der Waals surface area contributed by atoms with Gasteiger partial charge in [0.1, 0.15) is 4.90 Å². The molecule has 3 rings (SSSR count). The Labute approximate surface area is 170 Å². The second-order valence-corrected chi connectivity index (χ2v) is 9.38. The van der Waals surface area contributed by atoms with Gasteiger partial charge in [0.2, 0.25) is 15.9 Å². The van der Waals surface area contributed by atoms with Gasteiger partial charge in [0.05, 0.1) is 17.9 Å². The van der Waals surface area contributed by atoms with Crippen LogP contribution in [0, 0.1) is 20.8 Å². The highest BCUT2D eigenvalue weighted by Gasteiger charge is 2.32. The van der Waals surface area contributed by atoms with Crippen molar-refractivity contribution in [2.24, 2.45) is 0 Å². The lowest BCUT2D eigenvalue weighted by Gasteiger charge is -2.15. The Morgan fingerprint density at radius 3 is 2.54 bits per heavy atom. The molecule has 1 N–H and O–H groups in total. The molecule has 2 aromatic rings. The number of nitrogens with zero attached hydrogens (tertiary/aromatic N) is 3. The summed E-state index contributed by atoms with van der Waals surface area (Å²) >= 11 is 6.08. The third-order valence-electron chi connectivity index (χ3n) is 4.98. The normalized spacial score (nSPS) is 15.1. The van der Waals surface area contributed by atoms with Crippen molar-refractivity contribution in [1.82, 2.24) is 14.1 Å². The van der Waals surface area contributed by atoms with Gasteiger partial charge < -0.3 is 5.32 Å². The van der Waals surface area contributed by atoms with E-state index in [-0.39, 0.29) is 17.2 Å². The third kappa shape index (κ3) is 4.24. The minimum absolute atomic E-state index is 0.177. The minimum Gasteiger partial charge on any atom is -0.326 e. The lowest BCUT2D eigenvalue weighted by molar-refractivity contribution is -0.116. The van der Waals surface area contributed by atoms with Gasteiger partial charge in [-0.2, -0.15) is 9.40 Å². The monoisotopic (exact) mass is 424 g/mol. The van der Waals surface area contributed by atoms with E-state index in [4.69, 9.17) is 11.6 Å². The summed E-state index contributed by atoms with van der Waals surface area (Å²) in [4.78, 5) is 12.5. The Hall–Kier alpha value is -1.90. The maximum Gasteiger partial charge on any atom is 0.246 e. The molecule has 1 aromatic carbocycles. The fourth-order valence-corrected chi connectivity index (χ4v) is 5.50. The van der Waals surface area contributed by atoms with E-state index in [1.54, 1.807) is 30.7 Å². The molecule has 1 aromatic heterocycles. The number of hydrogen-bond donors (Lipinski definition) is 1. The molecule has 28 heavy (non-hydrogen) atoms. The zero-order valence-corrected chi connectivity index (χ0v) is 17.9. The summed E-state index contributed by atoms with van der Waals surface area (Å²) < 4.78 is 28.9. The summed E-state index contributed by atoms with van der Waals surface area (Å²) in [7, 11) is -3.54. The highest BCUT2D eigenvalue weighted by Crippen LogP contribution is 2.26. The number of rotatable bonds is 6. The number of aryl methyl sites for hydroxylation is 3. The third-order valence-corrected chi connectivity index (χ3v) is 7.54. The van der Waals surface area contributed by atoms with Crippen LogP contribution < -0.4 is 5.32 Å². The molecule has 0 spiro atoms. The number of halogens is 1. The van der Waals surface area contributed by atoms with Gasteiger partial charge in [-0.25, -0.2) is 8.42 Å². The van der Waals surface area contributed by atoms with Gasteiger partial charge in [-0.05, 0) is 51.3 Å². The largest absolute Gasteiger partial charge is 0.326 e. The summed E-state index contributed by atoms with van der Waals surface area (Å²) in [5.41, 5.74) is 2.60. The first-order chi connectivity index (χ1) is 13.2. The van der Waals surface area contributed by atoms with E-state index >= 15 is 0 Å². The molecule has 152 valence electrons. The molecule has 0 saturated carbocycles. The van der Waals surface area contributed by atoms with Gasteiger partial charge >= 0.3 is 0 Å². The van der Waals surface area contributed by atoms with Crippen LogP contribution >= 0.6 is 11.6 Å². The summed E-state index contributed by atoms with van der Waals surface area (Å²) in [5.74, 6) is -0.184. The van der Waals surface area contributed by atoms with Crippen LogP contribution in [-0.2, 0) is 21.4 Å². The van der Waals surface area contributed by atoms with Crippen molar-refractivity contribution in [2.45, 2.75) is 51.5 Å². The number of benzene rings is 1. The maximum absolute atomic E-state index is 12.9. The molecule has 1 saturated heterocycles. The summed E-state index contributed by atoms with van der Waals surface area (Å²) in [6.45, 7) is 6.72. The first kappa shape index (κ1) is 20.8. The zero-order chi connectivity index (χ0) is 20.5. The number of sulfonamides is 1. The molecule has 1 fully saturated rings. The number of hydrogen-bond acceptors (Lipinski definition) is 4. The Kier molecular flexibility index (Phi) is 6.12. The quantitative estimate of drug-likeness (QED) is 0.771. The smallest absolute Gasteiger partial charge is 0.246 e. The lowest BCUT2D eigenvalue weighted by atomic mass is 10.2. The van der Waals surface area contributed by atoms with Gasteiger partial charge in [-0.15, -0.1) is 0 Å². The lowest BCUT2D eigenvalue weighted by Crippen LogP contribution is -2.28. The van der Waals surface area contributed by atoms with E-state index < -0.39 is 10.0 Å². The molecule has 1 amide bonds. The average molecular weight is 425 g/mol. The van der Waals surface area contributed by atoms with Gasteiger partial charge in [0, 0.05) is 30.2 Å². The molecule has 9 heteroatoms. The van der Waals surface area contributed by atoms with E-state index in [0.29, 0.717) is 41.7 Å². The van der Waals surface area contributed by atoms with Crippen LogP contribution in [0.2, 0.25) is 5.02 Å². The zero-order valence-electron chi connectivity index (χ0n) is 16.3. The van der Waals surface area contributed by atoms with Crippen molar-refractivity contribution in [2.75, 3.05) is 18.4 Å². The molecular weight excluding hydrogens is 400 g/mol. The molecular formula is C19H25ClN4O3S. The minimum atomic E-state index is -3.54. The molecule has 0 bridgehead atoms. The van der Waals surface area contributed by atoms with E-state index in [2.05, 4.69) is 10.4 Å². The van der Waals surface area contributed by atoms with Crippen LogP contribution in [0.25, 0.3) is 0 Å². The van der Waals surface area contributed by atoms with Crippen LogP contribution in [0.3, 0.4) is 0 Å². The van der Waals surface area contributed by atoms with E-state index in [1.807, 2.05) is 13.0 Å². The molecule has 0 aliphatic carbocycles. The molecule has 0 atom stereocenters. The maximum atomic E-state index is 12.9. The number of nitrogens with one attached hydrogen (secondary N) is 1. The van der Waals surface area contributed by atoms with Gasteiger partial charge in [0.15, 0.2) is 0 Å². The van der Waals surface area contributed by atoms with E-state index in [9.17, 15) is 13.2 Å². The SMILES string of the molecule is Cc1ccc(NC(=O)CCn2nc(C)c(S(=O)(=O)N3CCCC3)c2C)cc1Cl. The predicted octanol–water partition coefficient (Wildman–Crippen LogP) is 3.28. The van der Waals surface area contributed by atoms with Crippen LogP contribution in [0.15, 0.2) is 23.1 Å². The molecule has 0 radical (unpaired) electrons. The topological polar surface area (TPSA) is 84.3 Å². The Bertz CT molecular complexity index is 995. The number of carbonyl (C=O) groups is 1. The van der Waals surface area contributed by atoms with Gasteiger partial charge in [0.25, 0.3) is 0 Å². The van der Waals surface area contributed by atoms with Crippen molar-refractivity contribution in [3.63, 3.8) is 0 Å². The van der Waals surface area contributed by atoms with Crippen LogP contribution in [-0.4, -0.2) is 41.5 Å². The van der Waals surface area contributed by atoms with Crippen molar-refractivity contribution in [3.8, 4) is 0 Å². The van der Waals surface area contributed by atoms with Crippen LogP contribution in [0.5, 0.6) is 0 Å². The first-order valence-corrected chi connectivity index (χ1v) is 11.1.